The zero-order valence-electron chi connectivity index (χ0n) is 16.1. The molecule has 0 radical (unpaired) electrons. The van der Waals surface area contributed by atoms with Crippen LogP contribution in [0, 0.1) is 13.8 Å². The van der Waals surface area contributed by atoms with Crippen molar-refractivity contribution in [3.05, 3.63) is 75.9 Å². The molecule has 4 aromatic rings. The maximum Gasteiger partial charge on any atom is 0.123 e. The second-order valence-corrected chi connectivity index (χ2v) is 8.12. The second-order valence-electron chi connectivity index (χ2n) is 7.26. The smallest absolute Gasteiger partial charge is 0.123 e. The molecular formula is C23H25N3S. The molecule has 0 atom stereocenters. The van der Waals surface area contributed by atoms with Crippen molar-refractivity contribution in [2.75, 3.05) is 6.54 Å². The molecule has 4 heteroatoms. The molecule has 0 unspecified atom stereocenters. The minimum Gasteiger partial charge on any atom is -0.351 e. The first kappa shape index (κ1) is 18.0. The predicted octanol–water partition coefficient (Wildman–Crippen LogP) is 5.01. The van der Waals surface area contributed by atoms with Gasteiger partial charge in [-0.2, -0.15) is 0 Å². The van der Waals surface area contributed by atoms with E-state index in [0.717, 1.165) is 23.5 Å². The molecule has 2 N–H and O–H groups in total. The van der Waals surface area contributed by atoms with Crippen molar-refractivity contribution in [2.45, 2.75) is 26.7 Å². The summed E-state index contributed by atoms with van der Waals surface area (Å²) in [5.41, 5.74) is 14.7. The largest absolute Gasteiger partial charge is 0.351 e. The van der Waals surface area contributed by atoms with Gasteiger partial charge < -0.3 is 10.3 Å². The fraction of sp³-hybridized carbons (Fsp3) is 0.261. The number of benzene rings is 2. The number of aryl methyl sites for hydroxylation is 3. The Kier molecular flexibility index (Phi) is 4.85. The number of thiazole rings is 1. The van der Waals surface area contributed by atoms with Crippen molar-refractivity contribution in [1.82, 2.24) is 9.55 Å². The maximum absolute atomic E-state index is 5.73. The summed E-state index contributed by atoms with van der Waals surface area (Å²) in [5.74, 6) is 0. The summed E-state index contributed by atoms with van der Waals surface area (Å²) in [7, 11) is 2.08. The highest BCUT2D eigenvalue weighted by molar-refractivity contribution is 7.13. The molecule has 0 amide bonds. The molecule has 3 nitrogen and oxygen atoms in total. The Balaban J connectivity index is 1.60. The van der Waals surface area contributed by atoms with E-state index in [1.54, 1.807) is 11.3 Å². The Hall–Kier alpha value is -2.43. The van der Waals surface area contributed by atoms with E-state index in [9.17, 15) is 0 Å². The maximum atomic E-state index is 5.73. The lowest BCUT2D eigenvalue weighted by molar-refractivity contribution is 0.949. The molecule has 0 aliphatic carbocycles. The van der Waals surface area contributed by atoms with E-state index in [4.69, 9.17) is 10.7 Å². The van der Waals surface area contributed by atoms with Gasteiger partial charge in [-0.1, -0.05) is 12.1 Å². The lowest BCUT2D eigenvalue weighted by Gasteiger charge is -2.11. The van der Waals surface area contributed by atoms with Crippen molar-refractivity contribution in [2.24, 2.45) is 12.8 Å². The van der Waals surface area contributed by atoms with E-state index in [1.807, 2.05) is 0 Å². The van der Waals surface area contributed by atoms with Gasteiger partial charge in [-0.05, 0) is 73.3 Å². The number of nitrogens with two attached hydrogens (primary N) is 1. The average Bonchev–Trinajstić information content (AvgIpc) is 3.26. The van der Waals surface area contributed by atoms with E-state index >= 15 is 0 Å². The summed E-state index contributed by atoms with van der Waals surface area (Å²) in [6, 6.07) is 13.3. The van der Waals surface area contributed by atoms with Crippen LogP contribution in [0.2, 0.25) is 0 Å². The fourth-order valence-corrected chi connectivity index (χ4v) is 4.50. The number of fused-ring (bicyclic) bond motifs is 1. The molecule has 2 aromatic carbocycles. The lowest BCUT2D eigenvalue weighted by atomic mass is 9.96. The van der Waals surface area contributed by atoms with Crippen LogP contribution in [0.25, 0.3) is 21.5 Å². The number of rotatable bonds is 5. The highest BCUT2D eigenvalue weighted by Crippen LogP contribution is 2.29. The molecule has 4 rings (SSSR count). The first-order valence-electron chi connectivity index (χ1n) is 9.34. The van der Waals surface area contributed by atoms with Crippen LogP contribution in [0.3, 0.4) is 0 Å². The van der Waals surface area contributed by atoms with Gasteiger partial charge in [0.2, 0.25) is 0 Å². The van der Waals surface area contributed by atoms with Gasteiger partial charge in [0.05, 0.1) is 5.69 Å². The Morgan fingerprint density at radius 1 is 1.04 bits per heavy atom. The van der Waals surface area contributed by atoms with Gasteiger partial charge in [0.15, 0.2) is 0 Å². The van der Waals surface area contributed by atoms with Crippen molar-refractivity contribution >= 4 is 22.2 Å². The van der Waals surface area contributed by atoms with Crippen LogP contribution in [0.5, 0.6) is 0 Å². The van der Waals surface area contributed by atoms with Crippen LogP contribution in [0.15, 0.2) is 48.0 Å². The Bertz CT molecular complexity index is 1100. The minimum atomic E-state index is 0.695. The third-order valence-electron chi connectivity index (χ3n) is 5.26. The van der Waals surface area contributed by atoms with Crippen molar-refractivity contribution in [1.29, 1.82) is 0 Å². The molecule has 2 aromatic heterocycles. The molecule has 138 valence electrons. The molecular weight excluding hydrogens is 350 g/mol. The van der Waals surface area contributed by atoms with Crippen molar-refractivity contribution in [3.63, 3.8) is 0 Å². The monoisotopic (exact) mass is 375 g/mol. The van der Waals surface area contributed by atoms with E-state index in [-0.39, 0.29) is 0 Å². The number of hydrogen-bond acceptors (Lipinski definition) is 3. The summed E-state index contributed by atoms with van der Waals surface area (Å²) < 4.78 is 2.14. The average molecular weight is 376 g/mol. The van der Waals surface area contributed by atoms with Gasteiger partial charge in [-0.25, -0.2) is 4.98 Å². The predicted molar refractivity (Wildman–Crippen MR) is 116 cm³/mol. The Morgan fingerprint density at radius 3 is 2.63 bits per heavy atom. The van der Waals surface area contributed by atoms with Gasteiger partial charge in [-0.15, -0.1) is 11.3 Å². The quantitative estimate of drug-likeness (QED) is 0.533. The number of hydrogen-bond donors (Lipinski definition) is 1. The van der Waals surface area contributed by atoms with Crippen LogP contribution in [-0.4, -0.2) is 16.1 Å². The van der Waals surface area contributed by atoms with Crippen LogP contribution in [0.1, 0.15) is 27.9 Å². The van der Waals surface area contributed by atoms with Crippen LogP contribution in [-0.2, 0) is 19.9 Å². The molecule has 0 fully saturated rings. The molecule has 0 aliphatic heterocycles. The number of nitrogens with zero attached hydrogens (tertiary/aromatic N) is 2. The number of aromatic nitrogens is 2. The molecule has 0 saturated carbocycles. The Morgan fingerprint density at radius 2 is 1.81 bits per heavy atom. The summed E-state index contributed by atoms with van der Waals surface area (Å²) >= 11 is 1.72. The van der Waals surface area contributed by atoms with Crippen LogP contribution < -0.4 is 5.73 Å². The van der Waals surface area contributed by atoms with E-state index in [2.05, 4.69) is 73.4 Å². The first-order valence-corrected chi connectivity index (χ1v) is 10.2. The van der Waals surface area contributed by atoms with E-state index < -0.39 is 0 Å². The minimum absolute atomic E-state index is 0.695. The van der Waals surface area contributed by atoms with Crippen molar-refractivity contribution < 1.29 is 0 Å². The summed E-state index contributed by atoms with van der Waals surface area (Å²) in [6.07, 6.45) is 3.91. The summed E-state index contributed by atoms with van der Waals surface area (Å²) in [5, 5.41) is 4.53. The molecule has 0 spiro atoms. The van der Waals surface area contributed by atoms with Gasteiger partial charge in [-0.3, -0.25) is 0 Å². The standard InChI is InChI=1S/C23H25N3S/c1-15-11-20(16(2)10-17(15)6-8-24)13-21-14-27-23(25-21)19-4-5-22-18(12-19)7-9-26(22)3/h4-5,7,9-12,14H,6,8,13,24H2,1-3H3. The topological polar surface area (TPSA) is 43.8 Å². The fourth-order valence-electron chi connectivity index (χ4n) is 3.68. The summed E-state index contributed by atoms with van der Waals surface area (Å²) in [6.45, 7) is 5.06. The van der Waals surface area contributed by atoms with Crippen molar-refractivity contribution in [3.8, 4) is 10.6 Å². The molecule has 2 heterocycles. The second kappa shape index (κ2) is 7.29. The van der Waals surface area contributed by atoms with Gasteiger partial charge in [0.1, 0.15) is 5.01 Å². The molecule has 0 bridgehead atoms. The van der Waals surface area contributed by atoms with Crippen LogP contribution >= 0.6 is 11.3 Å². The summed E-state index contributed by atoms with van der Waals surface area (Å²) in [4.78, 5) is 4.91. The first-order chi connectivity index (χ1) is 13.0. The lowest BCUT2D eigenvalue weighted by Crippen LogP contribution is -2.05. The van der Waals surface area contributed by atoms with Gasteiger partial charge in [0, 0.05) is 41.5 Å². The Labute approximate surface area is 164 Å². The van der Waals surface area contributed by atoms with E-state index in [0.29, 0.717) is 6.54 Å². The van der Waals surface area contributed by atoms with Crippen LogP contribution in [0.4, 0.5) is 0 Å². The molecule has 27 heavy (non-hydrogen) atoms. The highest BCUT2D eigenvalue weighted by atomic mass is 32.1. The molecule has 0 saturated heterocycles. The zero-order valence-corrected chi connectivity index (χ0v) is 16.9. The van der Waals surface area contributed by atoms with E-state index in [1.165, 1.54) is 38.7 Å². The highest BCUT2D eigenvalue weighted by Gasteiger charge is 2.10. The van der Waals surface area contributed by atoms with Gasteiger partial charge in [0.25, 0.3) is 0 Å². The molecule has 0 aliphatic rings. The zero-order chi connectivity index (χ0) is 19.0. The van der Waals surface area contributed by atoms with Gasteiger partial charge >= 0.3 is 0 Å². The third-order valence-corrected chi connectivity index (χ3v) is 6.20. The third kappa shape index (κ3) is 3.55. The SMILES string of the molecule is Cc1cc(Cc2csc(-c3ccc4c(ccn4C)c3)n2)c(C)cc1CCN. The normalized spacial score (nSPS) is 11.4.